The molecule has 112 valence electrons. The van der Waals surface area contributed by atoms with E-state index in [0.717, 1.165) is 16.3 Å². The Kier molecular flexibility index (Phi) is 5.10. The summed E-state index contributed by atoms with van der Waals surface area (Å²) in [4.78, 5) is 23.0. The highest BCUT2D eigenvalue weighted by atomic mass is 16.4. The zero-order valence-corrected chi connectivity index (χ0v) is 12.0. The van der Waals surface area contributed by atoms with Gasteiger partial charge in [0.25, 0.3) is 0 Å². The van der Waals surface area contributed by atoms with Crippen LogP contribution in [-0.4, -0.2) is 23.0 Å². The highest BCUT2D eigenvalue weighted by molar-refractivity contribution is 5.87. The lowest BCUT2D eigenvalue weighted by Gasteiger charge is -2.13. The number of carbonyl (C=O) groups is 2. The predicted molar refractivity (Wildman–Crippen MR) is 82.1 cm³/mol. The number of aliphatic carboxylic acids is 1. The molecule has 0 aliphatic carbocycles. The van der Waals surface area contributed by atoms with Gasteiger partial charge in [-0.2, -0.15) is 5.26 Å². The average molecular weight is 296 g/mol. The normalized spacial score (nSPS) is 11.6. The molecule has 1 amide bonds. The standard InChI is InChI=1S/C17H16N2O3/c18-9-3-6-15(17(21)22)19-16(20)11-12-7-8-13-4-1-2-5-14(13)10-12/h1-2,4-5,7-8,10,15H,3,6,11H2,(H,19,20)(H,21,22)/t15-/m0/s1. The van der Waals surface area contributed by atoms with Gasteiger partial charge in [0.2, 0.25) is 5.91 Å². The maximum absolute atomic E-state index is 12.0. The van der Waals surface area contributed by atoms with Crippen LogP contribution in [-0.2, 0) is 16.0 Å². The quantitative estimate of drug-likeness (QED) is 0.855. The lowest BCUT2D eigenvalue weighted by atomic mass is 10.0. The first kappa shape index (κ1) is 15.5. The largest absolute Gasteiger partial charge is 0.480 e. The first-order valence-corrected chi connectivity index (χ1v) is 6.97. The topological polar surface area (TPSA) is 90.2 Å². The van der Waals surface area contributed by atoms with Crippen LogP contribution in [0.2, 0.25) is 0 Å². The summed E-state index contributed by atoms with van der Waals surface area (Å²) in [5.74, 6) is -1.48. The molecule has 0 radical (unpaired) electrons. The van der Waals surface area contributed by atoms with Gasteiger partial charge in [0, 0.05) is 6.42 Å². The number of benzene rings is 2. The second-order valence-electron chi connectivity index (χ2n) is 5.01. The molecule has 2 aromatic carbocycles. The minimum atomic E-state index is -1.12. The number of nitrogens with one attached hydrogen (secondary N) is 1. The molecule has 0 unspecified atom stereocenters. The first-order chi connectivity index (χ1) is 10.6. The minimum absolute atomic E-state index is 0.0905. The molecule has 0 aliphatic rings. The van der Waals surface area contributed by atoms with Gasteiger partial charge in [-0.15, -0.1) is 0 Å². The predicted octanol–water partition coefficient (Wildman–Crippen LogP) is 2.26. The fraction of sp³-hybridized carbons (Fsp3) is 0.235. The van der Waals surface area contributed by atoms with Crippen molar-refractivity contribution in [1.82, 2.24) is 5.32 Å². The van der Waals surface area contributed by atoms with E-state index in [9.17, 15) is 9.59 Å². The molecular weight excluding hydrogens is 280 g/mol. The molecule has 0 heterocycles. The van der Waals surface area contributed by atoms with Crippen molar-refractivity contribution in [3.8, 4) is 6.07 Å². The van der Waals surface area contributed by atoms with E-state index in [1.807, 2.05) is 48.5 Å². The molecule has 2 aromatic rings. The van der Waals surface area contributed by atoms with E-state index in [0.29, 0.717) is 0 Å². The summed E-state index contributed by atoms with van der Waals surface area (Å²) in [5, 5.41) is 22.1. The van der Waals surface area contributed by atoms with Crippen molar-refractivity contribution < 1.29 is 14.7 Å². The third-order valence-corrected chi connectivity index (χ3v) is 3.36. The van der Waals surface area contributed by atoms with Gasteiger partial charge in [0.05, 0.1) is 12.5 Å². The number of rotatable bonds is 6. The Labute approximate surface area is 128 Å². The molecule has 22 heavy (non-hydrogen) atoms. The van der Waals surface area contributed by atoms with Gasteiger partial charge in [-0.25, -0.2) is 4.79 Å². The Hall–Kier alpha value is -2.87. The highest BCUT2D eigenvalue weighted by Crippen LogP contribution is 2.16. The Morgan fingerprint density at radius 1 is 1.18 bits per heavy atom. The van der Waals surface area contributed by atoms with Crippen LogP contribution >= 0.6 is 0 Å². The molecule has 0 aromatic heterocycles. The van der Waals surface area contributed by atoms with Crippen LogP contribution in [0.15, 0.2) is 42.5 Å². The van der Waals surface area contributed by atoms with Gasteiger partial charge in [0.15, 0.2) is 0 Å². The molecule has 2 rings (SSSR count). The number of fused-ring (bicyclic) bond motifs is 1. The fourth-order valence-corrected chi connectivity index (χ4v) is 2.25. The number of amides is 1. The molecule has 5 nitrogen and oxygen atoms in total. The van der Waals surface area contributed by atoms with Crippen molar-refractivity contribution in [2.45, 2.75) is 25.3 Å². The van der Waals surface area contributed by atoms with Gasteiger partial charge in [-0.1, -0.05) is 42.5 Å². The molecular formula is C17H16N2O3. The van der Waals surface area contributed by atoms with Gasteiger partial charge >= 0.3 is 5.97 Å². The van der Waals surface area contributed by atoms with Gasteiger partial charge < -0.3 is 10.4 Å². The Morgan fingerprint density at radius 3 is 2.59 bits per heavy atom. The molecule has 0 fully saturated rings. The Morgan fingerprint density at radius 2 is 1.91 bits per heavy atom. The number of hydrogen-bond acceptors (Lipinski definition) is 3. The number of nitriles is 1. The number of hydrogen-bond donors (Lipinski definition) is 2. The number of carboxylic acids is 1. The molecule has 2 N–H and O–H groups in total. The third-order valence-electron chi connectivity index (χ3n) is 3.36. The summed E-state index contributed by atoms with van der Waals surface area (Å²) in [5.41, 5.74) is 0.820. The van der Waals surface area contributed by atoms with E-state index in [1.54, 1.807) is 0 Å². The number of nitrogens with zero attached hydrogens (tertiary/aromatic N) is 1. The summed E-state index contributed by atoms with van der Waals surface area (Å²) in [6.45, 7) is 0. The summed E-state index contributed by atoms with van der Waals surface area (Å²) in [7, 11) is 0. The number of carboxylic acid groups (broad SMARTS) is 1. The first-order valence-electron chi connectivity index (χ1n) is 6.97. The van der Waals surface area contributed by atoms with Crippen molar-refractivity contribution in [3.63, 3.8) is 0 Å². The van der Waals surface area contributed by atoms with Crippen LogP contribution in [0, 0.1) is 11.3 Å². The zero-order chi connectivity index (χ0) is 15.9. The lowest BCUT2D eigenvalue weighted by Crippen LogP contribution is -2.41. The molecule has 5 heteroatoms. The van der Waals surface area contributed by atoms with Gasteiger partial charge in [-0.05, 0) is 22.8 Å². The summed E-state index contributed by atoms with van der Waals surface area (Å²) in [6, 6.07) is 14.4. The fourth-order valence-electron chi connectivity index (χ4n) is 2.25. The van der Waals surface area contributed by atoms with E-state index in [-0.39, 0.29) is 25.2 Å². The van der Waals surface area contributed by atoms with E-state index in [2.05, 4.69) is 5.32 Å². The summed E-state index contributed by atoms with van der Waals surface area (Å²) >= 11 is 0. The molecule has 0 bridgehead atoms. The Balaban J connectivity index is 2.03. The maximum Gasteiger partial charge on any atom is 0.326 e. The van der Waals surface area contributed by atoms with Crippen LogP contribution in [0.5, 0.6) is 0 Å². The second kappa shape index (κ2) is 7.23. The maximum atomic E-state index is 12.0. The van der Waals surface area contributed by atoms with Crippen LogP contribution < -0.4 is 5.32 Å². The van der Waals surface area contributed by atoms with Crippen LogP contribution in [0.4, 0.5) is 0 Å². The third kappa shape index (κ3) is 4.06. The van der Waals surface area contributed by atoms with E-state index in [4.69, 9.17) is 10.4 Å². The minimum Gasteiger partial charge on any atom is -0.480 e. The van der Waals surface area contributed by atoms with Crippen molar-refractivity contribution in [2.24, 2.45) is 0 Å². The van der Waals surface area contributed by atoms with Crippen LogP contribution in [0.1, 0.15) is 18.4 Å². The van der Waals surface area contributed by atoms with E-state index in [1.165, 1.54) is 0 Å². The smallest absolute Gasteiger partial charge is 0.326 e. The molecule has 0 saturated carbocycles. The number of carbonyl (C=O) groups excluding carboxylic acids is 1. The van der Waals surface area contributed by atoms with Crippen LogP contribution in [0.25, 0.3) is 10.8 Å². The molecule has 0 aliphatic heterocycles. The van der Waals surface area contributed by atoms with Crippen molar-refractivity contribution in [3.05, 3.63) is 48.0 Å². The Bertz CT molecular complexity index is 734. The lowest BCUT2D eigenvalue weighted by molar-refractivity contribution is -0.141. The van der Waals surface area contributed by atoms with E-state index >= 15 is 0 Å². The van der Waals surface area contributed by atoms with Crippen LogP contribution in [0.3, 0.4) is 0 Å². The molecule has 1 atom stereocenters. The average Bonchev–Trinajstić information content (AvgIpc) is 2.51. The monoisotopic (exact) mass is 296 g/mol. The van der Waals surface area contributed by atoms with Gasteiger partial charge in [-0.3, -0.25) is 4.79 Å². The summed E-state index contributed by atoms with van der Waals surface area (Å²) < 4.78 is 0. The highest BCUT2D eigenvalue weighted by Gasteiger charge is 2.19. The van der Waals surface area contributed by atoms with E-state index < -0.39 is 12.0 Å². The zero-order valence-electron chi connectivity index (χ0n) is 12.0. The van der Waals surface area contributed by atoms with Crippen molar-refractivity contribution >= 4 is 22.6 Å². The molecule has 0 spiro atoms. The second-order valence-corrected chi connectivity index (χ2v) is 5.01. The van der Waals surface area contributed by atoms with Crippen molar-refractivity contribution in [2.75, 3.05) is 0 Å². The summed E-state index contributed by atoms with van der Waals surface area (Å²) in [6.07, 6.45) is 0.309. The SMILES string of the molecule is N#CCC[C@H](NC(=O)Cc1ccc2ccccc2c1)C(=O)O. The van der Waals surface area contributed by atoms with Crippen molar-refractivity contribution in [1.29, 1.82) is 5.26 Å². The molecule has 0 saturated heterocycles. The van der Waals surface area contributed by atoms with Gasteiger partial charge in [0.1, 0.15) is 6.04 Å².